The largest absolute Gasteiger partial charge is 0.463 e. The molecule has 0 bridgehead atoms. The molecule has 0 amide bonds. The minimum Gasteiger partial charge on any atom is -0.463 e. The van der Waals surface area contributed by atoms with Crippen LogP contribution in [0, 0.1) is 0 Å². The van der Waals surface area contributed by atoms with E-state index in [0.29, 0.717) is 5.57 Å². The van der Waals surface area contributed by atoms with E-state index >= 15 is 0 Å². The molecule has 4 heteroatoms. The van der Waals surface area contributed by atoms with E-state index in [9.17, 15) is 9.59 Å². The second-order valence-electron chi connectivity index (χ2n) is 4.27. The third-order valence-electron chi connectivity index (χ3n) is 2.65. The summed E-state index contributed by atoms with van der Waals surface area (Å²) < 4.78 is 9.84. The number of rotatable bonds is 6. The maximum Gasteiger partial charge on any atom is 0.338 e. The quantitative estimate of drug-likeness (QED) is 0.458. The number of hydrogen-bond donors (Lipinski definition) is 0. The van der Waals surface area contributed by atoms with Crippen molar-refractivity contribution in [1.29, 1.82) is 0 Å². The van der Waals surface area contributed by atoms with Crippen LogP contribution in [-0.4, -0.2) is 25.2 Å². The van der Waals surface area contributed by atoms with Crippen LogP contribution in [0.5, 0.6) is 0 Å². The molecule has 0 aromatic heterocycles. The van der Waals surface area contributed by atoms with Crippen molar-refractivity contribution >= 4 is 18.0 Å². The minimum atomic E-state index is -0.554. The normalized spacial score (nSPS) is 12.0. The number of carbonyl (C=O) groups is 2. The number of ether oxygens (including phenoxy) is 2. The van der Waals surface area contributed by atoms with E-state index in [0.717, 1.165) is 5.56 Å². The Labute approximate surface area is 125 Å². The van der Waals surface area contributed by atoms with Crippen molar-refractivity contribution in [3.05, 3.63) is 53.1 Å². The summed E-state index contributed by atoms with van der Waals surface area (Å²) >= 11 is 0. The second-order valence-corrected chi connectivity index (χ2v) is 4.27. The first kappa shape index (κ1) is 16.7. The molecule has 0 unspecified atom stereocenters. The molecule has 1 aromatic carbocycles. The summed E-state index contributed by atoms with van der Waals surface area (Å²) in [5, 5.41) is 0. The van der Waals surface area contributed by atoms with Crippen LogP contribution in [0.4, 0.5) is 0 Å². The first-order chi connectivity index (χ1) is 10.1. The van der Waals surface area contributed by atoms with Gasteiger partial charge in [0.05, 0.1) is 18.8 Å². The Hall–Kier alpha value is -2.36. The first-order valence-electron chi connectivity index (χ1n) is 6.87. The van der Waals surface area contributed by atoms with Crippen molar-refractivity contribution in [2.45, 2.75) is 20.8 Å². The summed E-state index contributed by atoms with van der Waals surface area (Å²) in [6.07, 6.45) is 3.00. The zero-order chi connectivity index (χ0) is 15.7. The predicted octanol–water partition coefficient (Wildman–Crippen LogP) is 3.14. The van der Waals surface area contributed by atoms with Crippen LogP contribution in [0.25, 0.3) is 6.08 Å². The van der Waals surface area contributed by atoms with Gasteiger partial charge in [-0.3, -0.25) is 0 Å². The van der Waals surface area contributed by atoms with Gasteiger partial charge in [0, 0.05) is 6.08 Å². The van der Waals surface area contributed by atoms with Gasteiger partial charge in [-0.05, 0) is 31.9 Å². The van der Waals surface area contributed by atoms with E-state index in [1.165, 1.54) is 6.08 Å². The van der Waals surface area contributed by atoms with Gasteiger partial charge >= 0.3 is 11.9 Å². The summed E-state index contributed by atoms with van der Waals surface area (Å²) in [4.78, 5) is 23.6. The van der Waals surface area contributed by atoms with Gasteiger partial charge in [-0.2, -0.15) is 0 Å². The fourth-order valence-electron chi connectivity index (χ4n) is 1.72. The van der Waals surface area contributed by atoms with Gasteiger partial charge in [0.2, 0.25) is 0 Å². The van der Waals surface area contributed by atoms with Crippen molar-refractivity contribution in [3.8, 4) is 0 Å². The third kappa shape index (κ3) is 5.65. The van der Waals surface area contributed by atoms with Crippen LogP contribution >= 0.6 is 0 Å². The standard InChI is InChI=1S/C17H20O4/c1-4-20-16(18)12-15(17(19)21-5-2)13(3)11-14-9-7-6-8-10-14/h6-12H,4-5H2,1-3H3/b13-11+,15-12+. The third-order valence-corrected chi connectivity index (χ3v) is 2.65. The lowest BCUT2D eigenvalue weighted by atomic mass is 10.0. The molecule has 0 spiro atoms. The number of benzene rings is 1. The van der Waals surface area contributed by atoms with Gasteiger partial charge in [0.15, 0.2) is 0 Å². The Morgan fingerprint density at radius 3 is 2.24 bits per heavy atom. The Morgan fingerprint density at radius 1 is 1.05 bits per heavy atom. The maximum absolute atomic E-state index is 12.0. The van der Waals surface area contributed by atoms with Crippen molar-refractivity contribution in [2.24, 2.45) is 0 Å². The number of hydrogen-bond acceptors (Lipinski definition) is 4. The molecule has 1 rings (SSSR count). The van der Waals surface area contributed by atoms with Crippen molar-refractivity contribution in [3.63, 3.8) is 0 Å². The molecule has 4 nitrogen and oxygen atoms in total. The second kappa shape index (κ2) is 8.74. The highest BCUT2D eigenvalue weighted by Crippen LogP contribution is 2.16. The summed E-state index contributed by atoms with van der Waals surface area (Å²) in [6, 6.07) is 9.54. The Kier molecular flexibility index (Phi) is 6.95. The Balaban J connectivity index is 3.08. The van der Waals surface area contributed by atoms with Gasteiger partial charge in [0.1, 0.15) is 0 Å². The molecule has 0 aliphatic carbocycles. The average Bonchev–Trinajstić information content (AvgIpc) is 2.46. The van der Waals surface area contributed by atoms with Crippen LogP contribution in [0.1, 0.15) is 26.3 Å². The first-order valence-corrected chi connectivity index (χ1v) is 6.87. The number of carbonyl (C=O) groups excluding carboxylic acids is 2. The lowest BCUT2D eigenvalue weighted by Crippen LogP contribution is -2.12. The molecule has 0 aliphatic rings. The fourth-order valence-corrected chi connectivity index (χ4v) is 1.72. The molecule has 0 saturated heterocycles. The smallest absolute Gasteiger partial charge is 0.338 e. The van der Waals surface area contributed by atoms with Crippen LogP contribution < -0.4 is 0 Å². The molecular formula is C17H20O4. The number of esters is 2. The van der Waals surface area contributed by atoms with Gasteiger partial charge in [-0.1, -0.05) is 36.4 Å². The van der Waals surface area contributed by atoms with Crippen LogP contribution in [-0.2, 0) is 19.1 Å². The Bertz CT molecular complexity index is 541. The summed E-state index contributed by atoms with van der Waals surface area (Å²) in [5.41, 5.74) is 1.79. The highest BCUT2D eigenvalue weighted by Gasteiger charge is 2.15. The van der Waals surface area contributed by atoms with Gasteiger partial charge < -0.3 is 9.47 Å². The lowest BCUT2D eigenvalue weighted by Gasteiger charge is -2.08. The average molecular weight is 288 g/mol. The molecule has 112 valence electrons. The summed E-state index contributed by atoms with van der Waals surface area (Å²) in [7, 11) is 0. The van der Waals surface area contributed by atoms with E-state index < -0.39 is 11.9 Å². The van der Waals surface area contributed by atoms with E-state index in [4.69, 9.17) is 9.47 Å². The molecule has 0 radical (unpaired) electrons. The predicted molar refractivity (Wildman–Crippen MR) is 81.4 cm³/mol. The lowest BCUT2D eigenvalue weighted by molar-refractivity contribution is -0.140. The molecule has 0 N–H and O–H groups in total. The molecule has 1 aromatic rings. The molecular weight excluding hydrogens is 268 g/mol. The Morgan fingerprint density at radius 2 is 1.67 bits per heavy atom. The topological polar surface area (TPSA) is 52.6 Å². The van der Waals surface area contributed by atoms with Gasteiger partial charge in [0.25, 0.3) is 0 Å². The zero-order valence-electron chi connectivity index (χ0n) is 12.6. The molecule has 21 heavy (non-hydrogen) atoms. The van der Waals surface area contributed by atoms with Crippen molar-refractivity contribution in [1.82, 2.24) is 0 Å². The molecule has 0 fully saturated rings. The van der Waals surface area contributed by atoms with E-state index in [1.807, 2.05) is 36.4 Å². The van der Waals surface area contributed by atoms with Gasteiger partial charge in [-0.15, -0.1) is 0 Å². The monoisotopic (exact) mass is 288 g/mol. The van der Waals surface area contributed by atoms with E-state index in [-0.39, 0.29) is 18.8 Å². The highest BCUT2D eigenvalue weighted by atomic mass is 16.5. The molecule has 0 atom stereocenters. The molecule has 0 aliphatic heterocycles. The van der Waals surface area contributed by atoms with Gasteiger partial charge in [-0.25, -0.2) is 9.59 Å². The summed E-state index contributed by atoms with van der Waals surface area (Å²) in [5.74, 6) is -1.09. The SMILES string of the molecule is CCOC(=O)/C=C(C(=O)OCC)\C(C)=C\c1ccccc1. The fraction of sp³-hybridized carbons (Fsp3) is 0.294. The van der Waals surface area contributed by atoms with Crippen molar-refractivity contribution < 1.29 is 19.1 Å². The van der Waals surface area contributed by atoms with E-state index in [2.05, 4.69) is 0 Å². The van der Waals surface area contributed by atoms with Crippen LogP contribution in [0.2, 0.25) is 0 Å². The zero-order valence-corrected chi connectivity index (χ0v) is 12.6. The highest BCUT2D eigenvalue weighted by molar-refractivity contribution is 6.01. The maximum atomic E-state index is 12.0. The molecule has 0 saturated carbocycles. The molecule has 0 heterocycles. The van der Waals surface area contributed by atoms with Crippen LogP contribution in [0.15, 0.2) is 47.6 Å². The van der Waals surface area contributed by atoms with E-state index in [1.54, 1.807) is 20.8 Å². The van der Waals surface area contributed by atoms with Crippen molar-refractivity contribution in [2.75, 3.05) is 13.2 Å². The summed E-state index contributed by atoms with van der Waals surface area (Å²) in [6.45, 7) is 5.69. The minimum absolute atomic E-state index is 0.208. The van der Waals surface area contributed by atoms with Crippen LogP contribution in [0.3, 0.4) is 0 Å².